The van der Waals surface area contributed by atoms with Gasteiger partial charge in [0, 0.05) is 12.1 Å². The van der Waals surface area contributed by atoms with Crippen LogP contribution in [0.1, 0.15) is 31.9 Å². The molecule has 0 atom stereocenters. The second-order valence-corrected chi connectivity index (χ2v) is 4.90. The summed E-state index contributed by atoms with van der Waals surface area (Å²) in [6.45, 7) is 9.53. The van der Waals surface area contributed by atoms with Crippen LogP contribution in [0.4, 0.5) is 0 Å². The average Bonchev–Trinajstić information content (AvgIpc) is 2.14. The molecule has 0 heterocycles. The second-order valence-electron chi connectivity index (χ2n) is 4.90. The first-order valence-corrected chi connectivity index (χ1v) is 5.31. The normalized spacial score (nSPS) is 11.5. The minimum Gasteiger partial charge on any atom is -0.497 e. The van der Waals surface area contributed by atoms with Crippen molar-refractivity contribution in [1.29, 1.82) is 0 Å². The maximum absolute atomic E-state index is 5.18. The van der Waals surface area contributed by atoms with Crippen molar-refractivity contribution in [3.05, 3.63) is 29.3 Å². The van der Waals surface area contributed by atoms with Crippen molar-refractivity contribution in [3.63, 3.8) is 0 Å². The molecule has 1 aromatic rings. The van der Waals surface area contributed by atoms with E-state index in [1.807, 2.05) is 6.07 Å². The van der Waals surface area contributed by atoms with Crippen LogP contribution in [-0.4, -0.2) is 12.6 Å². The van der Waals surface area contributed by atoms with Crippen LogP contribution in [-0.2, 0) is 6.54 Å². The summed E-state index contributed by atoms with van der Waals surface area (Å²) in [7, 11) is 1.70. The molecule has 15 heavy (non-hydrogen) atoms. The zero-order chi connectivity index (χ0) is 11.5. The van der Waals surface area contributed by atoms with Crippen molar-refractivity contribution in [2.24, 2.45) is 0 Å². The van der Waals surface area contributed by atoms with E-state index in [0.717, 1.165) is 12.3 Å². The van der Waals surface area contributed by atoms with E-state index >= 15 is 0 Å². The van der Waals surface area contributed by atoms with Crippen LogP contribution in [0.2, 0.25) is 0 Å². The van der Waals surface area contributed by atoms with Gasteiger partial charge < -0.3 is 10.1 Å². The predicted molar refractivity (Wildman–Crippen MR) is 64.3 cm³/mol. The molecule has 0 fully saturated rings. The van der Waals surface area contributed by atoms with Gasteiger partial charge in [0.1, 0.15) is 5.75 Å². The number of methoxy groups -OCH3 is 1. The van der Waals surface area contributed by atoms with Crippen molar-refractivity contribution < 1.29 is 4.74 Å². The highest BCUT2D eigenvalue weighted by atomic mass is 16.5. The van der Waals surface area contributed by atoms with E-state index in [2.05, 4.69) is 45.1 Å². The van der Waals surface area contributed by atoms with Gasteiger partial charge in [-0.2, -0.15) is 0 Å². The zero-order valence-corrected chi connectivity index (χ0v) is 10.3. The van der Waals surface area contributed by atoms with Gasteiger partial charge in [-0.3, -0.25) is 0 Å². The summed E-state index contributed by atoms with van der Waals surface area (Å²) in [6, 6.07) is 6.19. The largest absolute Gasteiger partial charge is 0.497 e. The summed E-state index contributed by atoms with van der Waals surface area (Å²) in [5.41, 5.74) is 2.75. The van der Waals surface area contributed by atoms with E-state index in [4.69, 9.17) is 4.74 Å². The van der Waals surface area contributed by atoms with Gasteiger partial charge in [-0.05, 0) is 51.0 Å². The number of aryl methyl sites for hydroxylation is 1. The summed E-state index contributed by atoms with van der Waals surface area (Å²) >= 11 is 0. The van der Waals surface area contributed by atoms with Gasteiger partial charge in [0.15, 0.2) is 0 Å². The lowest BCUT2D eigenvalue weighted by Crippen LogP contribution is -2.35. The third-order valence-corrected chi connectivity index (χ3v) is 2.36. The lowest BCUT2D eigenvalue weighted by molar-refractivity contribution is 0.412. The quantitative estimate of drug-likeness (QED) is 0.823. The monoisotopic (exact) mass is 207 g/mol. The van der Waals surface area contributed by atoms with Crippen molar-refractivity contribution in [3.8, 4) is 5.75 Å². The molecule has 1 aromatic carbocycles. The van der Waals surface area contributed by atoms with E-state index in [0.29, 0.717) is 0 Å². The van der Waals surface area contributed by atoms with Crippen LogP contribution in [0.5, 0.6) is 5.75 Å². The maximum atomic E-state index is 5.18. The highest BCUT2D eigenvalue weighted by molar-refractivity contribution is 5.34. The zero-order valence-electron chi connectivity index (χ0n) is 10.3. The van der Waals surface area contributed by atoms with Crippen LogP contribution < -0.4 is 10.1 Å². The molecular formula is C13H21NO. The Morgan fingerprint density at radius 2 is 1.93 bits per heavy atom. The third-order valence-electron chi connectivity index (χ3n) is 2.36. The molecule has 0 aliphatic heterocycles. The highest BCUT2D eigenvalue weighted by Crippen LogP contribution is 2.17. The number of hydrogen-bond acceptors (Lipinski definition) is 2. The van der Waals surface area contributed by atoms with Crippen molar-refractivity contribution in [1.82, 2.24) is 5.32 Å². The van der Waals surface area contributed by atoms with E-state index in [-0.39, 0.29) is 5.54 Å². The molecule has 0 aliphatic rings. The molecule has 84 valence electrons. The summed E-state index contributed by atoms with van der Waals surface area (Å²) < 4.78 is 5.18. The Morgan fingerprint density at radius 1 is 1.27 bits per heavy atom. The predicted octanol–water partition coefficient (Wildman–Crippen LogP) is 2.89. The standard InChI is InChI=1S/C13H21NO/c1-10-8-12(15-5)7-6-11(10)9-14-13(2,3)4/h6-8,14H,9H2,1-5H3. The first kappa shape index (κ1) is 12.1. The fraction of sp³-hybridized carbons (Fsp3) is 0.538. The molecular weight excluding hydrogens is 186 g/mol. The first-order valence-electron chi connectivity index (χ1n) is 5.31. The Balaban J connectivity index is 2.70. The summed E-state index contributed by atoms with van der Waals surface area (Å²) in [5, 5.41) is 3.48. The molecule has 0 saturated heterocycles. The number of nitrogens with one attached hydrogen (secondary N) is 1. The minimum absolute atomic E-state index is 0.159. The Kier molecular flexibility index (Phi) is 3.75. The number of benzene rings is 1. The van der Waals surface area contributed by atoms with E-state index in [1.54, 1.807) is 7.11 Å². The van der Waals surface area contributed by atoms with E-state index in [9.17, 15) is 0 Å². The van der Waals surface area contributed by atoms with Crippen molar-refractivity contribution in [2.45, 2.75) is 39.8 Å². The summed E-state index contributed by atoms with van der Waals surface area (Å²) in [5.74, 6) is 0.923. The summed E-state index contributed by atoms with van der Waals surface area (Å²) in [6.07, 6.45) is 0. The van der Waals surface area contributed by atoms with Gasteiger partial charge in [0.05, 0.1) is 7.11 Å². The lowest BCUT2D eigenvalue weighted by atomic mass is 10.1. The number of rotatable bonds is 3. The average molecular weight is 207 g/mol. The highest BCUT2D eigenvalue weighted by Gasteiger charge is 2.09. The molecule has 2 heteroatoms. The van der Waals surface area contributed by atoms with Crippen LogP contribution in [0.25, 0.3) is 0 Å². The van der Waals surface area contributed by atoms with Crippen LogP contribution >= 0.6 is 0 Å². The Bertz CT molecular complexity index is 326. The lowest BCUT2D eigenvalue weighted by Gasteiger charge is -2.21. The molecule has 0 spiro atoms. The van der Waals surface area contributed by atoms with Crippen molar-refractivity contribution in [2.75, 3.05) is 7.11 Å². The number of ether oxygens (including phenoxy) is 1. The topological polar surface area (TPSA) is 21.3 Å². The molecule has 0 unspecified atom stereocenters. The first-order chi connectivity index (χ1) is 6.92. The molecule has 0 aromatic heterocycles. The van der Waals surface area contributed by atoms with Gasteiger partial charge in [-0.15, -0.1) is 0 Å². The van der Waals surface area contributed by atoms with Gasteiger partial charge in [-0.1, -0.05) is 6.07 Å². The number of hydrogen-bond donors (Lipinski definition) is 1. The second kappa shape index (κ2) is 4.67. The maximum Gasteiger partial charge on any atom is 0.119 e. The summed E-state index contributed by atoms with van der Waals surface area (Å²) in [4.78, 5) is 0. The van der Waals surface area contributed by atoms with Gasteiger partial charge >= 0.3 is 0 Å². The van der Waals surface area contributed by atoms with Crippen LogP contribution in [0.15, 0.2) is 18.2 Å². The fourth-order valence-electron chi connectivity index (χ4n) is 1.35. The smallest absolute Gasteiger partial charge is 0.119 e. The molecule has 0 amide bonds. The van der Waals surface area contributed by atoms with E-state index < -0.39 is 0 Å². The Labute approximate surface area is 92.6 Å². The van der Waals surface area contributed by atoms with Gasteiger partial charge in [0.2, 0.25) is 0 Å². The Morgan fingerprint density at radius 3 is 2.40 bits per heavy atom. The molecule has 1 N–H and O–H groups in total. The molecule has 0 saturated carbocycles. The van der Waals surface area contributed by atoms with Crippen LogP contribution in [0, 0.1) is 6.92 Å². The van der Waals surface area contributed by atoms with Crippen LogP contribution in [0.3, 0.4) is 0 Å². The van der Waals surface area contributed by atoms with Gasteiger partial charge in [-0.25, -0.2) is 0 Å². The molecule has 0 bridgehead atoms. The molecule has 0 aliphatic carbocycles. The molecule has 1 rings (SSSR count). The Hall–Kier alpha value is -1.02. The molecule has 0 radical (unpaired) electrons. The van der Waals surface area contributed by atoms with Gasteiger partial charge in [0.25, 0.3) is 0 Å². The fourth-order valence-corrected chi connectivity index (χ4v) is 1.35. The minimum atomic E-state index is 0.159. The molecule has 2 nitrogen and oxygen atoms in total. The third kappa shape index (κ3) is 3.92. The van der Waals surface area contributed by atoms with Crippen molar-refractivity contribution >= 4 is 0 Å². The SMILES string of the molecule is COc1ccc(CNC(C)(C)C)c(C)c1. The van der Waals surface area contributed by atoms with E-state index in [1.165, 1.54) is 11.1 Å².